The van der Waals surface area contributed by atoms with Gasteiger partial charge in [0.15, 0.2) is 0 Å². The smallest absolute Gasteiger partial charge is 0.301 e. The second-order valence-corrected chi connectivity index (χ2v) is 9.69. The summed E-state index contributed by atoms with van der Waals surface area (Å²) in [5.41, 5.74) is -2.10. The first-order valence-corrected chi connectivity index (χ1v) is 11.3. The molecule has 0 radical (unpaired) electrons. The lowest BCUT2D eigenvalue weighted by atomic mass is 10.0. The van der Waals surface area contributed by atoms with E-state index in [0.29, 0.717) is 23.1 Å². The van der Waals surface area contributed by atoms with Crippen LogP contribution in [0.4, 0.5) is 4.39 Å². The maximum absolute atomic E-state index is 14.6. The number of hydrogen-bond acceptors (Lipinski definition) is 5. The molecule has 30 heavy (non-hydrogen) atoms. The molecule has 0 bridgehead atoms. The standard InChI is InChI=1S/C19H21ClFN3O5S/c1-11-8-17(25)24(19(27)23(11)2)16-9-13(14(20)10-15(16)21)18(26)22-30(28,29)12-6-4-3-5-7-12/h8-10,12H,3-7H2,1-2H3,(H,22,26). The number of benzene rings is 1. The maximum atomic E-state index is 14.6. The van der Waals surface area contributed by atoms with Gasteiger partial charge in [0.05, 0.1) is 21.5 Å². The van der Waals surface area contributed by atoms with E-state index in [-0.39, 0.29) is 10.6 Å². The molecule has 1 amide bonds. The Bertz CT molecular complexity index is 1230. The van der Waals surface area contributed by atoms with Gasteiger partial charge in [-0.3, -0.25) is 9.59 Å². The summed E-state index contributed by atoms with van der Waals surface area (Å²) < 4.78 is 43.3. The van der Waals surface area contributed by atoms with Crippen molar-refractivity contribution in [2.75, 3.05) is 0 Å². The minimum absolute atomic E-state index is 0.343. The van der Waals surface area contributed by atoms with Crippen molar-refractivity contribution in [3.05, 3.63) is 61.1 Å². The Morgan fingerprint density at radius 2 is 1.80 bits per heavy atom. The molecule has 162 valence electrons. The molecule has 1 aromatic heterocycles. The SMILES string of the molecule is Cc1cc(=O)n(-c2cc(C(=O)NS(=O)(=O)C3CCCCC3)c(Cl)cc2F)c(=O)n1C. The number of rotatable bonds is 4. The number of hydrogen-bond donors (Lipinski definition) is 1. The molecule has 0 unspecified atom stereocenters. The largest absolute Gasteiger partial charge is 0.335 e. The van der Waals surface area contributed by atoms with Gasteiger partial charge in [0.1, 0.15) is 5.82 Å². The molecule has 0 atom stereocenters. The monoisotopic (exact) mass is 457 g/mol. The van der Waals surface area contributed by atoms with E-state index in [1.807, 2.05) is 4.72 Å². The Labute approximate surface area is 177 Å². The van der Waals surface area contributed by atoms with Crippen molar-refractivity contribution < 1.29 is 17.6 Å². The first kappa shape index (κ1) is 22.2. The van der Waals surface area contributed by atoms with E-state index < -0.39 is 43.9 Å². The third-order valence-corrected chi connectivity index (χ3v) is 7.44. The number of sulfonamides is 1. The Morgan fingerprint density at radius 3 is 2.43 bits per heavy atom. The van der Waals surface area contributed by atoms with Crippen LogP contribution in [-0.2, 0) is 17.1 Å². The fourth-order valence-corrected chi connectivity index (χ4v) is 5.21. The van der Waals surface area contributed by atoms with Crippen molar-refractivity contribution in [2.24, 2.45) is 7.05 Å². The van der Waals surface area contributed by atoms with Crippen LogP contribution in [0.2, 0.25) is 5.02 Å². The molecular weight excluding hydrogens is 437 g/mol. The van der Waals surface area contributed by atoms with Gasteiger partial charge in [-0.05, 0) is 31.9 Å². The predicted octanol–water partition coefficient (Wildman–Crippen LogP) is 2.03. The van der Waals surface area contributed by atoms with Gasteiger partial charge < -0.3 is 4.57 Å². The normalized spacial score (nSPS) is 15.2. The first-order chi connectivity index (χ1) is 14.0. The molecule has 1 aliphatic carbocycles. The van der Waals surface area contributed by atoms with Gasteiger partial charge in [-0.15, -0.1) is 0 Å². The van der Waals surface area contributed by atoms with Crippen LogP contribution in [0.1, 0.15) is 48.2 Å². The van der Waals surface area contributed by atoms with Crippen molar-refractivity contribution >= 4 is 27.5 Å². The van der Waals surface area contributed by atoms with E-state index in [1.165, 1.54) is 7.05 Å². The summed E-state index contributed by atoms with van der Waals surface area (Å²) in [6.45, 7) is 1.54. The first-order valence-electron chi connectivity index (χ1n) is 9.38. The second-order valence-electron chi connectivity index (χ2n) is 7.32. The second kappa shape index (κ2) is 8.35. The number of carbonyl (C=O) groups is 1. The number of aromatic nitrogens is 2. The minimum Gasteiger partial charge on any atom is -0.301 e. The van der Waals surface area contributed by atoms with Crippen molar-refractivity contribution in [3.8, 4) is 5.69 Å². The molecule has 11 heteroatoms. The quantitative estimate of drug-likeness (QED) is 0.755. The number of nitrogens with one attached hydrogen (secondary N) is 1. The van der Waals surface area contributed by atoms with Gasteiger partial charge in [-0.25, -0.2) is 26.9 Å². The highest BCUT2D eigenvalue weighted by Crippen LogP contribution is 2.25. The van der Waals surface area contributed by atoms with E-state index in [4.69, 9.17) is 11.6 Å². The molecule has 1 aromatic carbocycles. The molecule has 3 rings (SSSR count). The summed E-state index contributed by atoms with van der Waals surface area (Å²) in [6.07, 6.45) is 3.33. The molecule has 2 aromatic rings. The summed E-state index contributed by atoms with van der Waals surface area (Å²) in [4.78, 5) is 37.5. The summed E-state index contributed by atoms with van der Waals surface area (Å²) in [5.74, 6) is -2.06. The van der Waals surface area contributed by atoms with Crippen molar-refractivity contribution in [2.45, 2.75) is 44.3 Å². The van der Waals surface area contributed by atoms with E-state index >= 15 is 0 Å². The van der Waals surface area contributed by atoms with Crippen LogP contribution < -0.4 is 16.0 Å². The molecule has 0 spiro atoms. The van der Waals surface area contributed by atoms with Crippen molar-refractivity contribution in [3.63, 3.8) is 0 Å². The summed E-state index contributed by atoms with van der Waals surface area (Å²) in [6, 6.07) is 2.81. The lowest BCUT2D eigenvalue weighted by Crippen LogP contribution is -2.40. The molecule has 1 heterocycles. The van der Waals surface area contributed by atoms with E-state index in [2.05, 4.69) is 0 Å². The highest BCUT2D eigenvalue weighted by molar-refractivity contribution is 7.90. The number of aryl methyl sites for hydroxylation is 1. The van der Waals surface area contributed by atoms with Gasteiger partial charge in [0, 0.05) is 18.8 Å². The predicted molar refractivity (Wildman–Crippen MR) is 110 cm³/mol. The van der Waals surface area contributed by atoms with E-state index in [0.717, 1.165) is 42.0 Å². The van der Waals surface area contributed by atoms with Crippen LogP contribution in [0.5, 0.6) is 0 Å². The highest BCUT2D eigenvalue weighted by Gasteiger charge is 2.30. The zero-order valence-corrected chi connectivity index (χ0v) is 18.0. The molecule has 8 nitrogen and oxygen atoms in total. The van der Waals surface area contributed by atoms with Gasteiger partial charge in [0.25, 0.3) is 11.5 Å². The fourth-order valence-electron chi connectivity index (χ4n) is 3.48. The Morgan fingerprint density at radius 1 is 1.17 bits per heavy atom. The number of halogens is 2. The minimum atomic E-state index is -3.95. The van der Waals surface area contributed by atoms with Crippen LogP contribution in [0, 0.1) is 12.7 Å². The molecule has 1 fully saturated rings. The molecule has 0 saturated heterocycles. The van der Waals surface area contributed by atoms with Crippen LogP contribution in [0.15, 0.2) is 27.8 Å². The van der Waals surface area contributed by atoms with Crippen LogP contribution in [0.3, 0.4) is 0 Å². The Kier molecular flexibility index (Phi) is 6.19. The third kappa shape index (κ3) is 4.20. The summed E-state index contributed by atoms with van der Waals surface area (Å²) in [5, 5.41) is -1.04. The molecule has 1 aliphatic rings. The van der Waals surface area contributed by atoms with Gasteiger partial charge in [0.2, 0.25) is 10.0 Å². The average molecular weight is 458 g/mol. The fraction of sp³-hybridized carbons (Fsp3) is 0.421. The van der Waals surface area contributed by atoms with Gasteiger partial charge in [-0.2, -0.15) is 0 Å². The highest BCUT2D eigenvalue weighted by atomic mass is 35.5. The third-order valence-electron chi connectivity index (χ3n) is 5.31. The zero-order valence-electron chi connectivity index (χ0n) is 16.4. The lowest BCUT2D eigenvalue weighted by Gasteiger charge is -2.22. The van der Waals surface area contributed by atoms with Crippen molar-refractivity contribution in [1.82, 2.24) is 13.9 Å². The van der Waals surface area contributed by atoms with E-state index in [1.54, 1.807) is 6.92 Å². The lowest BCUT2D eigenvalue weighted by molar-refractivity contribution is 0.0981. The van der Waals surface area contributed by atoms with Crippen LogP contribution in [0.25, 0.3) is 5.69 Å². The molecule has 1 N–H and O–H groups in total. The van der Waals surface area contributed by atoms with Crippen molar-refractivity contribution in [1.29, 1.82) is 0 Å². The number of carbonyl (C=O) groups excluding carboxylic acids is 1. The molecular formula is C19H21ClFN3O5S. The van der Waals surface area contributed by atoms with Crippen LogP contribution >= 0.6 is 11.6 Å². The van der Waals surface area contributed by atoms with Crippen LogP contribution in [-0.4, -0.2) is 28.7 Å². The topological polar surface area (TPSA) is 107 Å². The van der Waals surface area contributed by atoms with Gasteiger partial charge >= 0.3 is 5.69 Å². The Hall–Kier alpha value is -2.46. The number of nitrogens with zero attached hydrogens (tertiary/aromatic N) is 2. The molecule has 0 aliphatic heterocycles. The Balaban J connectivity index is 2.04. The zero-order chi connectivity index (χ0) is 22.2. The summed E-state index contributed by atoms with van der Waals surface area (Å²) in [7, 11) is -2.54. The van der Waals surface area contributed by atoms with Gasteiger partial charge in [-0.1, -0.05) is 30.9 Å². The molecule has 1 saturated carbocycles. The average Bonchev–Trinajstić information content (AvgIpc) is 2.68. The number of amides is 1. The summed E-state index contributed by atoms with van der Waals surface area (Å²) >= 11 is 5.97. The van der Waals surface area contributed by atoms with E-state index in [9.17, 15) is 27.2 Å². The maximum Gasteiger partial charge on any atom is 0.335 e.